The maximum absolute atomic E-state index is 11.3. The average Bonchev–Trinajstić information content (AvgIpc) is 2.21. The first-order valence-corrected chi connectivity index (χ1v) is 5.25. The predicted octanol–water partition coefficient (Wildman–Crippen LogP) is 0.211. The van der Waals surface area contributed by atoms with Crippen LogP contribution in [0.1, 0.15) is 27.2 Å². The van der Waals surface area contributed by atoms with E-state index in [-0.39, 0.29) is 18.4 Å². The number of aliphatic carboxylic acids is 1. The van der Waals surface area contributed by atoms with Gasteiger partial charge in [0, 0.05) is 0 Å². The molecular formula is C10H20N2O3. The van der Waals surface area contributed by atoms with Gasteiger partial charge in [0.15, 0.2) is 0 Å². The van der Waals surface area contributed by atoms with Crippen molar-refractivity contribution in [1.29, 1.82) is 0 Å². The SMILES string of the molecule is CCNCC(=O)N[C@H](C(=O)O)C(C)CC. The van der Waals surface area contributed by atoms with Crippen molar-refractivity contribution in [3.05, 3.63) is 0 Å². The van der Waals surface area contributed by atoms with Gasteiger partial charge in [-0.25, -0.2) is 4.79 Å². The van der Waals surface area contributed by atoms with Crippen LogP contribution >= 0.6 is 0 Å². The van der Waals surface area contributed by atoms with Crippen LogP contribution in [0.2, 0.25) is 0 Å². The second-order valence-corrected chi connectivity index (χ2v) is 3.55. The third-order valence-corrected chi connectivity index (χ3v) is 2.33. The van der Waals surface area contributed by atoms with E-state index in [1.165, 1.54) is 0 Å². The van der Waals surface area contributed by atoms with Crippen LogP contribution in [0.4, 0.5) is 0 Å². The second kappa shape index (κ2) is 7.23. The molecule has 0 saturated carbocycles. The number of carboxylic acids is 1. The lowest BCUT2D eigenvalue weighted by Crippen LogP contribution is -2.47. The smallest absolute Gasteiger partial charge is 0.326 e. The van der Waals surface area contributed by atoms with Crippen LogP contribution in [0.25, 0.3) is 0 Å². The number of hydrogen-bond donors (Lipinski definition) is 3. The van der Waals surface area contributed by atoms with E-state index < -0.39 is 12.0 Å². The summed E-state index contributed by atoms with van der Waals surface area (Å²) in [5, 5.41) is 14.3. The van der Waals surface area contributed by atoms with Crippen molar-refractivity contribution in [2.45, 2.75) is 33.2 Å². The van der Waals surface area contributed by atoms with E-state index in [0.717, 1.165) is 6.42 Å². The molecule has 5 heteroatoms. The van der Waals surface area contributed by atoms with Crippen LogP contribution in [0.3, 0.4) is 0 Å². The van der Waals surface area contributed by atoms with E-state index in [4.69, 9.17) is 5.11 Å². The quantitative estimate of drug-likeness (QED) is 0.568. The first kappa shape index (κ1) is 13.9. The van der Waals surface area contributed by atoms with Crippen LogP contribution in [0.5, 0.6) is 0 Å². The minimum atomic E-state index is -0.978. The van der Waals surface area contributed by atoms with E-state index in [1.54, 1.807) is 0 Å². The molecule has 2 atom stereocenters. The minimum Gasteiger partial charge on any atom is -0.480 e. The molecule has 0 spiro atoms. The molecule has 0 rings (SSSR count). The zero-order valence-electron chi connectivity index (χ0n) is 9.54. The van der Waals surface area contributed by atoms with Gasteiger partial charge in [0.2, 0.25) is 5.91 Å². The van der Waals surface area contributed by atoms with Gasteiger partial charge in [0.1, 0.15) is 6.04 Å². The topological polar surface area (TPSA) is 78.4 Å². The molecule has 1 unspecified atom stereocenters. The lowest BCUT2D eigenvalue weighted by Gasteiger charge is -2.20. The Morgan fingerprint density at radius 2 is 1.93 bits per heavy atom. The number of likely N-dealkylation sites (N-methyl/N-ethyl adjacent to an activating group) is 1. The van der Waals surface area contributed by atoms with E-state index in [1.807, 2.05) is 20.8 Å². The van der Waals surface area contributed by atoms with Crippen molar-refractivity contribution >= 4 is 11.9 Å². The standard InChI is InChI=1S/C10H20N2O3/c1-4-7(3)9(10(14)15)12-8(13)6-11-5-2/h7,9,11H,4-6H2,1-3H3,(H,12,13)(H,14,15)/t7?,9-/m0/s1. The molecule has 1 amide bonds. The molecule has 0 aromatic heterocycles. The monoisotopic (exact) mass is 216 g/mol. The highest BCUT2D eigenvalue weighted by molar-refractivity contribution is 5.84. The molecule has 0 aromatic rings. The zero-order valence-corrected chi connectivity index (χ0v) is 9.54. The number of carbonyl (C=O) groups is 2. The fourth-order valence-corrected chi connectivity index (χ4v) is 1.15. The fourth-order valence-electron chi connectivity index (χ4n) is 1.15. The van der Waals surface area contributed by atoms with Crippen LogP contribution in [-0.4, -0.2) is 36.1 Å². The molecule has 88 valence electrons. The first-order chi connectivity index (χ1) is 7.02. The minimum absolute atomic E-state index is 0.0620. The van der Waals surface area contributed by atoms with Gasteiger partial charge >= 0.3 is 5.97 Å². The van der Waals surface area contributed by atoms with Crippen molar-refractivity contribution in [2.24, 2.45) is 5.92 Å². The highest BCUT2D eigenvalue weighted by Crippen LogP contribution is 2.07. The summed E-state index contributed by atoms with van der Waals surface area (Å²) >= 11 is 0. The zero-order chi connectivity index (χ0) is 11.8. The Kier molecular flexibility index (Phi) is 6.70. The van der Waals surface area contributed by atoms with E-state index >= 15 is 0 Å². The lowest BCUT2D eigenvalue weighted by molar-refractivity contribution is -0.143. The Morgan fingerprint density at radius 3 is 2.33 bits per heavy atom. The largest absolute Gasteiger partial charge is 0.480 e. The van der Waals surface area contributed by atoms with Gasteiger partial charge in [0.25, 0.3) is 0 Å². The summed E-state index contributed by atoms with van der Waals surface area (Å²) in [6, 6.07) is -0.791. The predicted molar refractivity (Wildman–Crippen MR) is 57.6 cm³/mol. The average molecular weight is 216 g/mol. The normalized spacial score (nSPS) is 14.3. The van der Waals surface area contributed by atoms with Crippen molar-refractivity contribution in [1.82, 2.24) is 10.6 Å². The molecule has 0 heterocycles. The fraction of sp³-hybridized carbons (Fsp3) is 0.800. The number of carbonyl (C=O) groups excluding carboxylic acids is 1. The third kappa shape index (κ3) is 5.37. The van der Waals surface area contributed by atoms with Gasteiger partial charge in [-0.3, -0.25) is 4.79 Å². The van der Waals surface area contributed by atoms with Gasteiger partial charge in [-0.05, 0) is 12.5 Å². The van der Waals surface area contributed by atoms with Gasteiger partial charge in [-0.15, -0.1) is 0 Å². The summed E-state index contributed by atoms with van der Waals surface area (Å²) < 4.78 is 0. The molecular weight excluding hydrogens is 196 g/mol. The molecule has 15 heavy (non-hydrogen) atoms. The first-order valence-electron chi connectivity index (χ1n) is 5.25. The van der Waals surface area contributed by atoms with E-state index in [0.29, 0.717) is 6.54 Å². The molecule has 0 bridgehead atoms. The molecule has 5 nitrogen and oxygen atoms in total. The maximum atomic E-state index is 11.3. The number of nitrogens with one attached hydrogen (secondary N) is 2. The number of hydrogen-bond acceptors (Lipinski definition) is 3. The Hall–Kier alpha value is -1.10. The Morgan fingerprint density at radius 1 is 1.33 bits per heavy atom. The Bertz CT molecular complexity index is 219. The van der Waals surface area contributed by atoms with Gasteiger partial charge < -0.3 is 15.7 Å². The van der Waals surface area contributed by atoms with Crippen molar-refractivity contribution < 1.29 is 14.7 Å². The maximum Gasteiger partial charge on any atom is 0.326 e. The summed E-state index contributed by atoms with van der Waals surface area (Å²) in [5.74, 6) is -1.31. The number of amides is 1. The van der Waals surface area contributed by atoms with Crippen LogP contribution < -0.4 is 10.6 Å². The van der Waals surface area contributed by atoms with Gasteiger partial charge in [-0.2, -0.15) is 0 Å². The molecule has 0 radical (unpaired) electrons. The molecule has 0 aliphatic carbocycles. The molecule has 0 fully saturated rings. The molecule has 0 aliphatic rings. The summed E-state index contributed by atoms with van der Waals surface area (Å²) in [5.41, 5.74) is 0. The molecule has 3 N–H and O–H groups in total. The summed E-state index contributed by atoms with van der Waals surface area (Å²) in [7, 11) is 0. The summed E-state index contributed by atoms with van der Waals surface area (Å²) in [4.78, 5) is 22.2. The van der Waals surface area contributed by atoms with Crippen LogP contribution in [0.15, 0.2) is 0 Å². The lowest BCUT2D eigenvalue weighted by atomic mass is 9.99. The van der Waals surface area contributed by atoms with Crippen molar-refractivity contribution in [2.75, 3.05) is 13.1 Å². The highest BCUT2D eigenvalue weighted by Gasteiger charge is 2.24. The highest BCUT2D eigenvalue weighted by atomic mass is 16.4. The Balaban J connectivity index is 4.16. The molecule has 0 aliphatic heterocycles. The molecule has 0 saturated heterocycles. The van der Waals surface area contributed by atoms with Crippen molar-refractivity contribution in [3.8, 4) is 0 Å². The van der Waals surface area contributed by atoms with Crippen LogP contribution in [-0.2, 0) is 9.59 Å². The summed E-state index contributed by atoms with van der Waals surface area (Å²) in [6.45, 7) is 6.45. The van der Waals surface area contributed by atoms with E-state index in [9.17, 15) is 9.59 Å². The van der Waals surface area contributed by atoms with Crippen LogP contribution in [0, 0.1) is 5.92 Å². The Labute approximate surface area is 90.2 Å². The van der Waals surface area contributed by atoms with E-state index in [2.05, 4.69) is 10.6 Å². The number of carboxylic acid groups (broad SMARTS) is 1. The molecule has 0 aromatic carbocycles. The second-order valence-electron chi connectivity index (χ2n) is 3.55. The van der Waals surface area contributed by atoms with Crippen molar-refractivity contribution in [3.63, 3.8) is 0 Å². The third-order valence-electron chi connectivity index (χ3n) is 2.33. The van der Waals surface area contributed by atoms with Gasteiger partial charge in [0.05, 0.1) is 6.54 Å². The van der Waals surface area contributed by atoms with Gasteiger partial charge in [-0.1, -0.05) is 27.2 Å². The summed E-state index contributed by atoms with van der Waals surface area (Å²) in [6.07, 6.45) is 0.721. The number of rotatable bonds is 7.